The summed E-state index contributed by atoms with van der Waals surface area (Å²) in [4.78, 5) is 42.9. The minimum Gasteiger partial charge on any atom is -0.451 e. The number of nitrogens with zero attached hydrogens (tertiary/aromatic N) is 2. The minimum atomic E-state index is -0.782. The predicted molar refractivity (Wildman–Crippen MR) is 150 cm³/mol. The van der Waals surface area contributed by atoms with E-state index in [9.17, 15) is 14.4 Å². The van der Waals surface area contributed by atoms with Crippen LogP contribution in [0.3, 0.4) is 0 Å². The molecular formula is C32H34N2O5. The quantitative estimate of drug-likeness (QED) is 0.216. The van der Waals surface area contributed by atoms with Gasteiger partial charge in [-0.2, -0.15) is 0 Å². The highest BCUT2D eigenvalue weighted by atomic mass is 16.6. The normalized spacial score (nSPS) is 10.9. The number of imide groups is 2. The first-order valence-electron chi connectivity index (χ1n) is 13.3. The van der Waals surface area contributed by atoms with E-state index in [1.807, 2.05) is 92.7 Å². The molecule has 4 amide bonds. The first-order valence-corrected chi connectivity index (χ1v) is 13.3. The summed E-state index contributed by atoms with van der Waals surface area (Å²) in [5, 5.41) is 0.761. The Hall–Kier alpha value is -4.39. The lowest BCUT2D eigenvalue weighted by Crippen LogP contribution is -2.49. The lowest BCUT2D eigenvalue weighted by molar-refractivity contribution is 0.0686. The third-order valence-electron chi connectivity index (χ3n) is 6.39. The van der Waals surface area contributed by atoms with Gasteiger partial charge in [-0.15, -0.1) is 0 Å². The van der Waals surface area contributed by atoms with Crippen molar-refractivity contribution in [3.05, 3.63) is 108 Å². The van der Waals surface area contributed by atoms with Crippen LogP contribution in [0.4, 0.5) is 9.59 Å². The fourth-order valence-corrected chi connectivity index (χ4v) is 4.19. The molecule has 4 aromatic rings. The van der Waals surface area contributed by atoms with E-state index in [1.54, 1.807) is 12.1 Å². The van der Waals surface area contributed by atoms with Crippen molar-refractivity contribution in [1.29, 1.82) is 0 Å². The second-order valence-electron chi connectivity index (χ2n) is 9.85. The second kappa shape index (κ2) is 13.4. The molecule has 0 fully saturated rings. The zero-order chi connectivity index (χ0) is 27.6. The van der Waals surface area contributed by atoms with Crippen LogP contribution in [0.15, 0.2) is 95.4 Å². The van der Waals surface area contributed by atoms with Crippen LogP contribution in [0.2, 0.25) is 0 Å². The van der Waals surface area contributed by atoms with Crippen molar-refractivity contribution in [3.63, 3.8) is 0 Å². The molecule has 1 aromatic heterocycles. The maximum atomic E-state index is 13.9. The van der Waals surface area contributed by atoms with E-state index in [1.165, 1.54) is 0 Å². The first kappa shape index (κ1) is 27.6. The standard InChI is InChI=1S/C32H34N2O5/c1-24(2)19-21-34(32(37)38-23-26-14-7-4-8-15-26)31(36)33(20-11-16-25-12-5-3-6-13-25)30(35)29-22-27-17-9-10-18-28(27)39-29/h3-10,12-15,17-18,22,24H,11,16,19-21,23H2,1-2H3. The fourth-order valence-electron chi connectivity index (χ4n) is 4.19. The number of carbonyl (C=O) groups excluding carboxylic acids is 3. The molecule has 3 aromatic carbocycles. The Morgan fingerprint density at radius 3 is 2.10 bits per heavy atom. The molecule has 0 saturated carbocycles. The molecule has 0 aliphatic rings. The average Bonchev–Trinajstić information content (AvgIpc) is 3.39. The number of fused-ring (bicyclic) bond motifs is 1. The van der Waals surface area contributed by atoms with Crippen molar-refractivity contribution in [2.75, 3.05) is 13.1 Å². The number of furan rings is 1. The molecule has 0 N–H and O–H groups in total. The fraction of sp³-hybridized carbons (Fsp3) is 0.281. The van der Waals surface area contributed by atoms with Gasteiger partial charge in [-0.25, -0.2) is 14.5 Å². The number of para-hydroxylation sites is 1. The molecule has 7 heteroatoms. The van der Waals surface area contributed by atoms with E-state index in [2.05, 4.69) is 0 Å². The van der Waals surface area contributed by atoms with Gasteiger partial charge in [0.25, 0.3) is 5.91 Å². The van der Waals surface area contributed by atoms with Crippen molar-refractivity contribution >= 4 is 29.0 Å². The van der Waals surface area contributed by atoms with E-state index in [-0.39, 0.29) is 31.4 Å². The number of carbonyl (C=O) groups is 3. The average molecular weight is 527 g/mol. The van der Waals surface area contributed by atoms with Crippen molar-refractivity contribution < 1.29 is 23.5 Å². The Labute approximate surface area is 229 Å². The smallest absolute Gasteiger partial charge is 0.418 e. The van der Waals surface area contributed by atoms with Crippen LogP contribution in [0.5, 0.6) is 0 Å². The predicted octanol–water partition coefficient (Wildman–Crippen LogP) is 7.31. The SMILES string of the molecule is CC(C)CCN(C(=O)OCc1ccccc1)C(=O)N(CCCc1ccccc1)C(=O)c1cc2ccccc2o1. The highest BCUT2D eigenvalue weighted by molar-refractivity contribution is 6.07. The second-order valence-corrected chi connectivity index (χ2v) is 9.85. The number of benzene rings is 3. The molecule has 39 heavy (non-hydrogen) atoms. The van der Waals surface area contributed by atoms with Gasteiger partial charge in [-0.05, 0) is 48.4 Å². The van der Waals surface area contributed by atoms with E-state index in [0.29, 0.717) is 24.8 Å². The van der Waals surface area contributed by atoms with Crippen LogP contribution in [-0.2, 0) is 17.8 Å². The van der Waals surface area contributed by atoms with Crippen molar-refractivity contribution in [3.8, 4) is 0 Å². The number of hydrogen-bond donors (Lipinski definition) is 0. The van der Waals surface area contributed by atoms with Gasteiger partial charge in [0.1, 0.15) is 12.2 Å². The van der Waals surface area contributed by atoms with Crippen LogP contribution in [0.25, 0.3) is 11.0 Å². The van der Waals surface area contributed by atoms with E-state index in [4.69, 9.17) is 9.15 Å². The van der Waals surface area contributed by atoms with E-state index >= 15 is 0 Å². The van der Waals surface area contributed by atoms with Gasteiger partial charge in [0.15, 0.2) is 5.76 Å². The molecule has 0 unspecified atom stereocenters. The zero-order valence-corrected chi connectivity index (χ0v) is 22.4. The summed E-state index contributed by atoms with van der Waals surface area (Å²) in [7, 11) is 0. The molecule has 0 radical (unpaired) electrons. The lowest BCUT2D eigenvalue weighted by atomic mass is 10.1. The maximum Gasteiger partial charge on any atom is 0.418 e. The van der Waals surface area contributed by atoms with Crippen molar-refractivity contribution in [2.45, 2.75) is 39.7 Å². The summed E-state index contributed by atoms with van der Waals surface area (Å²) >= 11 is 0. The first-order chi connectivity index (χ1) is 18.9. The van der Waals surface area contributed by atoms with Crippen LogP contribution < -0.4 is 0 Å². The van der Waals surface area contributed by atoms with Gasteiger partial charge in [0.2, 0.25) is 0 Å². The third kappa shape index (κ3) is 7.57. The molecule has 7 nitrogen and oxygen atoms in total. The van der Waals surface area contributed by atoms with Crippen molar-refractivity contribution in [1.82, 2.24) is 9.80 Å². The topological polar surface area (TPSA) is 80.1 Å². The molecule has 202 valence electrons. The minimum absolute atomic E-state index is 0.0245. The van der Waals surface area contributed by atoms with E-state index < -0.39 is 18.0 Å². The Balaban J connectivity index is 1.57. The van der Waals surface area contributed by atoms with Crippen LogP contribution in [-0.4, -0.2) is 40.9 Å². The largest absolute Gasteiger partial charge is 0.451 e. The summed E-state index contributed by atoms with van der Waals surface area (Å²) in [6.45, 7) is 4.29. The molecule has 0 bridgehead atoms. The summed E-state index contributed by atoms with van der Waals surface area (Å²) in [6.07, 6.45) is 0.986. The van der Waals surface area contributed by atoms with Gasteiger partial charge >= 0.3 is 12.1 Å². The molecular weight excluding hydrogens is 492 g/mol. The number of hydrogen-bond acceptors (Lipinski definition) is 5. The van der Waals surface area contributed by atoms with Gasteiger partial charge in [-0.1, -0.05) is 92.7 Å². The Kier molecular flexibility index (Phi) is 9.51. The number of ether oxygens (including phenoxy) is 1. The summed E-state index contributed by atoms with van der Waals surface area (Å²) in [6, 6.07) is 27.3. The Morgan fingerprint density at radius 2 is 1.44 bits per heavy atom. The van der Waals surface area contributed by atoms with Crippen LogP contribution in [0.1, 0.15) is 48.4 Å². The molecule has 4 rings (SSSR count). The monoisotopic (exact) mass is 526 g/mol. The molecule has 0 atom stereocenters. The molecule has 0 spiro atoms. The Morgan fingerprint density at radius 1 is 0.795 bits per heavy atom. The maximum absolute atomic E-state index is 13.9. The molecule has 0 aliphatic heterocycles. The van der Waals surface area contributed by atoms with E-state index in [0.717, 1.165) is 26.3 Å². The number of urea groups is 1. The van der Waals surface area contributed by atoms with Gasteiger partial charge in [-0.3, -0.25) is 9.69 Å². The molecule has 1 heterocycles. The molecule has 0 aliphatic carbocycles. The molecule has 0 saturated heterocycles. The summed E-state index contributed by atoms with van der Waals surface area (Å²) in [5.41, 5.74) is 2.46. The zero-order valence-electron chi connectivity index (χ0n) is 22.4. The number of amides is 4. The van der Waals surface area contributed by atoms with Crippen molar-refractivity contribution in [2.24, 2.45) is 5.92 Å². The van der Waals surface area contributed by atoms with Gasteiger partial charge in [0, 0.05) is 18.5 Å². The highest BCUT2D eigenvalue weighted by Gasteiger charge is 2.33. The lowest BCUT2D eigenvalue weighted by Gasteiger charge is -2.28. The number of rotatable bonds is 10. The van der Waals surface area contributed by atoms with Gasteiger partial charge < -0.3 is 9.15 Å². The number of aryl methyl sites for hydroxylation is 1. The van der Waals surface area contributed by atoms with Crippen LogP contribution in [0, 0.1) is 5.92 Å². The summed E-state index contributed by atoms with van der Waals surface area (Å²) in [5.74, 6) is -0.305. The highest BCUT2D eigenvalue weighted by Crippen LogP contribution is 2.21. The Bertz CT molecular complexity index is 1350. The van der Waals surface area contributed by atoms with Crippen LogP contribution >= 0.6 is 0 Å². The van der Waals surface area contributed by atoms with Gasteiger partial charge in [0.05, 0.1) is 0 Å². The third-order valence-corrected chi connectivity index (χ3v) is 6.39. The summed E-state index contributed by atoms with van der Waals surface area (Å²) < 4.78 is 11.3.